The number of amides is 1. The normalized spacial score (nSPS) is 22.0. The van der Waals surface area contributed by atoms with Crippen LogP contribution in [0.2, 0.25) is 0 Å². The number of rotatable bonds is 4. The number of nitrogens with zero attached hydrogens (tertiary/aromatic N) is 1. The number of aliphatic carboxylic acids is 1. The van der Waals surface area contributed by atoms with Crippen molar-refractivity contribution >= 4 is 11.9 Å². The second kappa shape index (κ2) is 6.61. The zero-order valence-corrected chi connectivity index (χ0v) is 12.2. The number of phenols is 1. The monoisotopic (exact) mass is 291 g/mol. The molecule has 1 aliphatic heterocycles. The van der Waals surface area contributed by atoms with E-state index in [0.717, 1.165) is 5.56 Å². The second-order valence-electron chi connectivity index (χ2n) is 5.62. The maximum Gasteiger partial charge on any atom is 0.306 e. The van der Waals surface area contributed by atoms with Gasteiger partial charge in [0, 0.05) is 19.0 Å². The van der Waals surface area contributed by atoms with Crippen LogP contribution in [0.15, 0.2) is 24.3 Å². The number of hydrogen-bond acceptors (Lipinski definition) is 3. The maximum absolute atomic E-state index is 12.3. The van der Waals surface area contributed by atoms with E-state index in [1.807, 2.05) is 19.1 Å². The maximum atomic E-state index is 12.3. The molecule has 5 nitrogen and oxygen atoms in total. The fourth-order valence-electron chi connectivity index (χ4n) is 2.87. The van der Waals surface area contributed by atoms with Gasteiger partial charge in [0.1, 0.15) is 5.75 Å². The minimum Gasteiger partial charge on any atom is -0.508 e. The van der Waals surface area contributed by atoms with Crippen molar-refractivity contribution in [2.45, 2.75) is 38.6 Å². The summed E-state index contributed by atoms with van der Waals surface area (Å²) in [4.78, 5) is 25.0. The van der Waals surface area contributed by atoms with Crippen molar-refractivity contribution in [2.24, 2.45) is 5.92 Å². The molecule has 1 aromatic carbocycles. The molecular weight excluding hydrogens is 270 g/mol. The summed E-state index contributed by atoms with van der Waals surface area (Å²) in [6.07, 6.45) is 1.86. The predicted octanol–water partition coefficient (Wildman–Crippen LogP) is 2.04. The minimum absolute atomic E-state index is 0.0228. The summed E-state index contributed by atoms with van der Waals surface area (Å²) in [6, 6.07) is 6.96. The van der Waals surface area contributed by atoms with Gasteiger partial charge in [0.2, 0.25) is 5.91 Å². The lowest BCUT2D eigenvalue weighted by Gasteiger charge is -2.36. The Balaban J connectivity index is 1.89. The van der Waals surface area contributed by atoms with Gasteiger partial charge in [-0.3, -0.25) is 9.59 Å². The molecule has 0 bridgehead atoms. The lowest BCUT2D eigenvalue weighted by atomic mass is 9.91. The first-order valence-corrected chi connectivity index (χ1v) is 7.28. The molecule has 1 fully saturated rings. The quantitative estimate of drug-likeness (QED) is 0.890. The first kappa shape index (κ1) is 15.4. The SMILES string of the molecule is CC1CC(C(=O)O)CCN1C(=O)CCc1ccccc1O. The highest BCUT2D eigenvalue weighted by atomic mass is 16.4. The van der Waals surface area contributed by atoms with Crippen molar-refractivity contribution in [3.8, 4) is 5.75 Å². The van der Waals surface area contributed by atoms with Gasteiger partial charge in [-0.05, 0) is 37.8 Å². The van der Waals surface area contributed by atoms with Crippen LogP contribution < -0.4 is 0 Å². The number of carbonyl (C=O) groups excluding carboxylic acids is 1. The van der Waals surface area contributed by atoms with Gasteiger partial charge in [-0.15, -0.1) is 0 Å². The Kier molecular flexibility index (Phi) is 4.83. The molecule has 2 atom stereocenters. The molecule has 0 spiro atoms. The van der Waals surface area contributed by atoms with Crippen LogP contribution in [-0.4, -0.2) is 39.6 Å². The van der Waals surface area contributed by atoms with E-state index >= 15 is 0 Å². The topological polar surface area (TPSA) is 77.8 Å². The number of carbonyl (C=O) groups is 2. The molecule has 0 aromatic heterocycles. The summed E-state index contributed by atoms with van der Waals surface area (Å²) >= 11 is 0. The van der Waals surface area contributed by atoms with Crippen molar-refractivity contribution in [1.82, 2.24) is 4.90 Å². The van der Waals surface area contributed by atoms with Crippen molar-refractivity contribution in [1.29, 1.82) is 0 Å². The molecule has 114 valence electrons. The predicted molar refractivity (Wildman–Crippen MR) is 78.0 cm³/mol. The molecule has 0 radical (unpaired) electrons. The Hall–Kier alpha value is -2.04. The minimum atomic E-state index is -0.775. The molecule has 2 rings (SSSR count). The lowest BCUT2D eigenvalue weighted by molar-refractivity contribution is -0.147. The third-order valence-electron chi connectivity index (χ3n) is 4.15. The zero-order chi connectivity index (χ0) is 15.4. The largest absolute Gasteiger partial charge is 0.508 e. The van der Waals surface area contributed by atoms with E-state index in [2.05, 4.69) is 0 Å². The fourth-order valence-corrected chi connectivity index (χ4v) is 2.87. The summed E-state index contributed by atoms with van der Waals surface area (Å²) in [5, 5.41) is 18.7. The smallest absolute Gasteiger partial charge is 0.306 e. The summed E-state index contributed by atoms with van der Waals surface area (Å²) < 4.78 is 0. The van der Waals surface area contributed by atoms with Crippen LogP contribution in [0.4, 0.5) is 0 Å². The van der Waals surface area contributed by atoms with Gasteiger partial charge in [0.05, 0.1) is 5.92 Å². The molecule has 0 aliphatic carbocycles. The van der Waals surface area contributed by atoms with Gasteiger partial charge in [0.25, 0.3) is 0 Å². The Labute approximate surface area is 124 Å². The first-order chi connectivity index (χ1) is 9.99. The molecule has 1 saturated heterocycles. The third kappa shape index (κ3) is 3.74. The van der Waals surface area contributed by atoms with Gasteiger partial charge >= 0.3 is 5.97 Å². The van der Waals surface area contributed by atoms with Crippen LogP contribution >= 0.6 is 0 Å². The number of aryl methyl sites for hydroxylation is 1. The van der Waals surface area contributed by atoms with Crippen molar-refractivity contribution in [2.75, 3.05) is 6.54 Å². The van der Waals surface area contributed by atoms with Crippen LogP contribution in [0.5, 0.6) is 5.75 Å². The van der Waals surface area contributed by atoms with E-state index < -0.39 is 5.97 Å². The Morgan fingerprint density at radius 3 is 2.67 bits per heavy atom. The number of phenolic OH excluding ortho intramolecular Hbond substituents is 1. The average molecular weight is 291 g/mol. The molecule has 1 aliphatic rings. The van der Waals surface area contributed by atoms with Crippen molar-refractivity contribution < 1.29 is 19.8 Å². The molecule has 5 heteroatoms. The highest BCUT2D eigenvalue weighted by Crippen LogP contribution is 2.24. The third-order valence-corrected chi connectivity index (χ3v) is 4.15. The summed E-state index contributed by atoms with van der Waals surface area (Å²) in [5.41, 5.74) is 0.763. The van der Waals surface area contributed by atoms with Gasteiger partial charge in [-0.1, -0.05) is 18.2 Å². The second-order valence-corrected chi connectivity index (χ2v) is 5.62. The Morgan fingerprint density at radius 2 is 2.05 bits per heavy atom. The van der Waals surface area contributed by atoms with Crippen LogP contribution in [-0.2, 0) is 16.0 Å². The van der Waals surface area contributed by atoms with E-state index in [4.69, 9.17) is 5.11 Å². The van der Waals surface area contributed by atoms with Crippen LogP contribution in [0.25, 0.3) is 0 Å². The number of aromatic hydroxyl groups is 1. The summed E-state index contributed by atoms with van der Waals surface area (Å²) in [7, 11) is 0. The van der Waals surface area contributed by atoms with Crippen molar-refractivity contribution in [3.05, 3.63) is 29.8 Å². The van der Waals surface area contributed by atoms with Crippen LogP contribution in [0.1, 0.15) is 31.7 Å². The van der Waals surface area contributed by atoms with Gasteiger partial charge < -0.3 is 15.1 Å². The van der Waals surface area contributed by atoms with E-state index in [-0.39, 0.29) is 23.6 Å². The zero-order valence-electron chi connectivity index (χ0n) is 12.2. The molecule has 21 heavy (non-hydrogen) atoms. The number of benzene rings is 1. The fraction of sp³-hybridized carbons (Fsp3) is 0.500. The average Bonchev–Trinajstić information content (AvgIpc) is 2.46. The van der Waals surface area contributed by atoms with Gasteiger partial charge in [-0.25, -0.2) is 0 Å². The number of carboxylic acids is 1. The van der Waals surface area contributed by atoms with Gasteiger partial charge in [-0.2, -0.15) is 0 Å². The lowest BCUT2D eigenvalue weighted by Crippen LogP contribution is -2.46. The standard InChI is InChI=1S/C16H21NO4/c1-11-10-13(16(20)21)8-9-17(11)15(19)7-6-12-4-2-3-5-14(12)18/h2-5,11,13,18H,6-10H2,1H3,(H,20,21). The molecule has 1 aromatic rings. The first-order valence-electron chi connectivity index (χ1n) is 7.28. The number of para-hydroxylation sites is 1. The molecule has 0 saturated carbocycles. The highest BCUT2D eigenvalue weighted by Gasteiger charge is 2.31. The molecule has 1 amide bonds. The number of piperidine rings is 1. The van der Waals surface area contributed by atoms with Crippen LogP contribution in [0.3, 0.4) is 0 Å². The number of hydrogen-bond donors (Lipinski definition) is 2. The van der Waals surface area contributed by atoms with Crippen molar-refractivity contribution in [3.63, 3.8) is 0 Å². The molecule has 2 unspecified atom stereocenters. The summed E-state index contributed by atoms with van der Waals surface area (Å²) in [6.45, 7) is 2.39. The van der Waals surface area contributed by atoms with Gasteiger partial charge in [0.15, 0.2) is 0 Å². The number of carboxylic acid groups (broad SMARTS) is 1. The Bertz CT molecular complexity index is 529. The van der Waals surface area contributed by atoms with E-state index in [1.165, 1.54) is 0 Å². The Morgan fingerprint density at radius 1 is 1.33 bits per heavy atom. The molecular formula is C16H21NO4. The highest BCUT2D eigenvalue weighted by molar-refractivity contribution is 5.77. The molecule has 2 N–H and O–H groups in total. The van der Waals surface area contributed by atoms with Crippen LogP contribution in [0, 0.1) is 5.92 Å². The van der Waals surface area contributed by atoms with E-state index in [0.29, 0.717) is 32.2 Å². The van der Waals surface area contributed by atoms with E-state index in [9.17, 15) is 14.7 Å². The molecule has 1 heterocycles. The van der Waals surface area contributed by atoms with E-state index in [1.54, 1.807) is 17.0 Å². The summed E-state index contributed by atoms with van der Waals surface area (Å²) in [5.74, 6) is -0.886. The number of likely N-dealkylation sites (tertiary alicyclic amines) is 1.